The molecule has 1 spiro atoms. The minimum atomic E-state index is -0.533. The Morgan fingerprint density at radius 1 is 1.19 bits per heavy atom. The zero-order valence-electron chi connectivity index (χ0n) is 14.5. The lowest BCUT2D eigenvalue weighted by Gasteiger charge is -2.37. The number of amides is 1. The highest BCUT2D eigenvalue weighted by molar-refractivity contribution is 5.83. The average molecular weight is 363 g/mol. The van der Waals surface area contributed by atoms with Crippen LogP contribution in [0.15, 0.2) is 24.3 Å². The highest BCUT2D eigenvalue weighted by Crippen LogP contribution is 2.48. The summed E-state index contributed by atoms with van der Waals surface area (Å²) in [6.45, 7) is 1.97. The van der Waals surface area contributed by atoms with E-state index < -0.39 is 11.8 Å². The molecule has 7 heteroatoms. The van der Waals surface area contributed by atoms with E-state index in [-0.39, 0.29) is 30.2 Å². The molecule has 2 aliphatic heterocycles. The smallest absolute Gasteiger partial charge is 0.310 e. The third-order valence-corrected chi connectivity index (χ3v) is 5.43. The Labute approximate surface area is 151 Å². The monoisotopic (exact) mass is 363 g/mol. The van der Waals surface area contributed by atoms with E-state index in [1.54, 1.807) is 23.1 Å². The lowest BCUT2D eigenvalue weighted by Crippen LogP contribution is -2.48. The molecule has 1 aromatic carbocycles. The zero-order valence-corrected chi connectivity index (χ0v) is 14.5. The number of carbonyl (C=O) groups excluding carboxylic acids is 2. The van der Waals surface area contributed by atoms with Crippen LogP contribution in [0.1, 0.15) is 30.7 Å². The Hall–Kier alpha value is -1.99. The highest BCUT2D eigenvalue weighted by Gasteiger charge is 2.47. The number of esters is 1. The summed E-state index contributed by atoms with van der Waals surface area (Å²) in [6.07, 6.45) is 1.82. The van der Waals surface area contributed by atoms with Crippen LogP contribution in [0.4, 0.5) is 4.39 Å². The maximum absolute atomic E-state index is 13.8. The van der Waals surface area contributed by atoms with Crippen LogP contribution in [0.2, 0.25) is 0 Å². The summed E-state index contributed by atoms with van der Waals surface area (Å²) in [6, 6.07) is 6.46. The lowest BCUT2D eigenvalue weighted by atomic mass is 10.0. The second-order valence-corrected chi connectivity index (χ2v) is 7.07. The lowest BCUT2D eigenvalue weighted by molar-refractivity contribution is -0.188. The van der Waals surface area contributed by atoms with Gasteiger partial charge in [-0.05, 0) is 18.1 Å². The molecule has 4 rings (SSSR count). The third kappa shape index (κ3) is 3.46. The largest absolute Gasteiger partial charge is 0.455 e. The van der Waals surface area contributed by atoms with E-state index in [1.165, 1.54) is 6.07 Å². The van der Waals surface area contributed by atoms with E-state index in [4.69, 9.17) is 14.2 Å². The molecule has 0 unspecified atom stereocenters. The van der Waals surface area contributed by atoms with Gasteiger partial charge in [0.2, 0.25) is 0 Å². The van der Waals surface area contributed by atoms with Crippen molar-refractivity contribution in [1.82, 2.24) is 4.90 Å². The van der Waals surface area contributed by atoms with Crippen molar-refractivity contribution in [2.24, 2.45) is 5.92 Å². The van der Waals surface area contributed by atoms with E-state index >= 15 is 0 Å². The zero-order chi connectivity index (χ0) is 18.1. The van der Waals surface area contributed by atoms with Crippen LogP contribution in [-0.2, 0) is 23.8 Å². The van der Waals surface area contributed by atoms with Gasteiger partial charge in [0.15, 0.2) is 12.4 Å². The summed E-state index contributed by atoms with van der Waals surface area (Å²) in [4.78, 5) is 26.1. The first-order valence-corrected chi connectivity index (χ1v) is 9.05. The minimum absolute atomic E-state index is 0.148. The SMILES string of the molecule is O=C(OCC(=O)N1CCC2(CC1)OCCO2)[C@H]1C[C@H]1c1ccccc1F. The van der Waals surface area contributed by atoms with Crippen molar-refractivity contribution in [3.8, 4) is 0 Å². The molecule has 2 saturated heterocycles. The van der Waals surface area contributed by atoms with Gasteiger partial charge in [-0.1, -0.05) is 18.2 Å². The fourth-order valence-electron chi connectivity index (χ4n) is 3.79. The molecule has 1 aliphatic carbocycles. The third-order valence-electron chi connectivity index (χ3n) is 5.43. The number of hydrogen-bond acceptors (Lipinski definition) is 5. The van der Waals surface area contributed by atoms with E-state index in [0.717, 1.165) is 0 Å². The number of nitrogens with zero attached hydrogens (tertiary/aromatic N) is 1. The van der Waals surface area contributed by atoms with Crippen LogP contribution in [-0.4, -0.2) is 55.5 Å². The van der Waals surface area contributed by atoms with Gasteiger partial charge in [-0.2, -0.15) is 0 Å². The van der Waals surface area contributed by atoms with Crippen LogP contribution in [0, 0.1) is 11.7 Å². The van der Waals surface area contributed by atoms with Crippen LogP contribution in [0.5, 0.6) is 0 Å². The first-order chi connectivity index (χ1) is 12.6. The first kappa shape index (κ1) is 17.4. The van der Waals surface area contributed by atoms with Crippen LogP contribution < -0.4 is 0 Å². The van der Waals surface area contributed by atoms with Gasteiger partial charge in [-0.25, -0.2) is 4.39 Å². The number of likely N-dealkylation sites (tertiary alicyclic amines) is 1. The summed E-state index contributed by atoms with van der Waals surface area (Å²) in [7, 11) is 0. The van der Waals surface area contributed by atoms with Gasteiger partial charge >= 0.3 is 5.97 Å². The van der Waals surface area contributed by atoms with Gasteiger partial charge in [0.05, 0.1) is 19.1 Å². The molecule has 26 heavy (non-hydrogen) atoms. The summed E-state index contributed by atoms with van der Waals surface area (Å²) >= 11 is 0. The van der Waals surface area contributed by atoms with Gasteiger partial charge in [-0.3, -0.25) is 9.59 Å². The molecule has 140 valence electrons. The van der Waals surface area contributed by atoms with Crippen molar-refractivity contribution < 1.29 is 28.2 Å². The van der Waals surface area contributed by atoms with Gasteiger partial charge in [0.25, 0.3) is 5.91 Å². The van der Waals surface area contributed by atoms with Crippen molar-refractivity contribution in [2.75, 3.05) is 32.9 Å². The number of benzene rings is 1. The Balaban J connectivity index is 1.23. The maximum Gasteiger partial charge on any atom is 0.310 e. The van der Waals surface area contributed by atoms with Crippen molar-refractivity contribution in [2.45, 2.75) is 31.0 Å². The van der Waals surface area contributed by atoms with E-state index in [2.05, 4.69) is 0 Å². The normalized spacial score (nSPS) is 26.7. The topological polar surface area (TPSA) is 65.1 Å². The standard InChI is InChI=1S/C19H22FNO5/c20-16-4-2-1-3-13(16)14-11-15(14)18(23)24-12-17(22)21-7-5-19(6-8-21)25-9-10-26-19/h1-4,14-15H,5-12H2/t14-,15-/m0/s1. The number of ether oxygens (including phenoxy) is 3. The second-order valence-electron chi connectivity index (χ2n) is 7.07. The predicted molar refractivity (Wildman–Crippen MR) is 88.7 cm³/mol. The molecule has 0 N–H and O–H groups in total. The van der Waals surface area contributed by atoms with Crippen molar-refractivity contribution >= 4 is 11.9 Å². The fourth-order valence-corrected chi connectivity index (χ4v) is 3.79. The molecule has 0 radical (unpaired) electrons. The Morgan fingerprint density at radius 2 is 1.88 bits per heavy atom. The summed E-state index contributed by atoms with van der Waals surface area (Å²) in [5, 5.41) is 0. The summed E-state index contributed by atoms with van der Waals surface area (Å²) in [5.74, 6) is -1.98. The van der Waals surface area contributed by atoms with Crippen molar-refractivity contribution in [3.05, 3.63) is 35.6 Å². The Kier molecular flexibility index (Phi) is 4.67. The first-order valence-electron chi connectivity index (χ1n) is 9.05. The van der Waals surface area contributed by atoms with Crippen molar-refractivity contribution in [3.63, 3.8) is 0 Å². The van der Waals surface area contributed by atoms with Crippen LogP contribution in [0.3, 0.4) is 0 Å². The average Bonchev–Trinajstić information content (AvgIpc) is 3.33. The molecule has 2 atom stereocenters. The number of carbonyl (C=O) groups is 2. The summed E-state index contributed by atoms with van der Waals surface area (Å²) < 4.78 is 30.2. The van der Waals surface area contributed by atoms with Crippen LogP contribution >= 0.6 is 0 Å². The molecule has 3 fully saturated rings. The molecule has 0 bridgehead atoms. The molecule has 1 saturated carbocycles. The van der Waals surface area contributed by atoms with Gasteiger partial charge in [-0.15, -0.1) is 0 Å². The van der Waals surface area contributed by atoms with Gasteiger partial charge < -0.3 is 19.1 Å². The molecule has 3 aliphatic rings. The molecule has 0 aromatic heterocycles. The number of hydrogen-bond donors (Lipinski definition) is 0. The van der Waals surface area contributed by atoms with Gasteiger partial charge in [0, 0.05) is 31.8 Å². The number of rotatable bonds is 4. The second kappa shape index (κ2) is 6.96. The quantitative estimate of drug-likeness (QED) is 0.764. The summed E-state index contributed by atoms with van der Waals surface area (Å²) in [5.41, 5.74) is 0.540. The predicted octanol–water partition coefficient (Wildman–Crippen LogP) is 1.84. The molecule has 1 aromatic rings. The van der Waals surface area contributed by atoms with Crippen LogP contribution in [0.25, 0.3) is 0 Å². The maximum atomic E-state index is 13.8. The Bertz CT molecular complexity index is 693. The molecule has 2 heterocycles. The molecule has 6 nitrogen and oxygen atoms in total. The highest BCUT2D eigenvalue weighted by atomic mass is 19.1. The van der Waals surface area contributed by atoms with E-state index in [0.29, 0.717) is 51.1 Å². The van der Waals surface area contributed by atoms with E-state index in [9.17, 15) is 14.0 Å². The number of piperidine rings is 1. The Morgan fingerprint density at radius 3 is 2.58 bits per heavy atom. The minimum Gasteiger partial charge on any atom is -0.455 e. The molecule has 1 amide bonds. The fraction of sp³-hybridized carbons (Fsp3) is 0.579. The van der Waals surface area contributed by atoms with Crippen molar-refractivity contribution in [1.29, 1.82) is 0 Å². The molecular formula is C19H22FNO5. The molecular weight excluding hydrogens is 341 g/mol. The van der Waals surface area contributed by atoms with Gasteiger partial charge in [0.1, 0.15) is 5.82 Å². The number of halogens is 1. The van der Waals surface area contributed by atoms with E-state index in [1.807, 2.05) is 0 Å².